The lowest BCUT2D eigenvalue weighted by Crippen LogP contribution is -2.25. The van der Waals surface area contributed by atoms with Crippen molar-refractivity contribution in [1.82, 2.24) is 20.1 Å². The molecule has 31 heavy (non-hydrogen) atoms. The van der Waals surface area contributed by atoms with E-state index in [-0.39, 0.29) is 17.1 Å². The molecule has 2 aromatic carbocycles. The van der Waals surface area contributed by atoms with Gasteiger partial charge in [-0.25, -0.2) is 0 Å². The van der Waals surface area contributed by atoms with Gasteiger partial charge in [0.1, 0.15) is 0 Å². The third-order valence-electron chi connectivity index (χ3n) is 4.59. The summed E-state index contributed by atoms with van der Waals surface area (Å²) in [6.07, 6.45) is 1.64. The summed E-state index contributed by atoms with van der Waals surface area (Å²) >= 11 is 14.1. The highest BCUT2D eigenvalue weighted by atomic mass is 35.5. The normalized spacial score (nSPS) is 11.4. The van der Waals surface area contributed by atoms with E-state index < -0.39 is 0 Å². The van der Waals surface area contributed by atoms with E-state index in [0.717, 1.165) is 5.56 Å². The molecule has 0 atom stereocenters. The summed E-state index contributed by atoms with van der Waals surface area (Å²) in [4.78, 5) is 12.1. The zero-order valence-corrected chi connectivity index (χ0v) is 20.0. The van der Waals surface area contributed by atoms with E-state index in [2.05, 4.69) is 55.0 Å². The first-order valence-electron chi connectivity index (χ1n) is 9.73. The molecule has 5 nitrogen and oxygen atoms in total. The summed E-state index contributed by atoms with van der Waals surface area (Å²) in [6.45, 7) is 10.5. The van der Waals surface area contributed by atoms with Crippen LogP contribution in [0, 0.1) is 0 Å². The number of rotatable bonds is 7. The van der Waals surface area contributed by atoms with E-state index in [1.165, 1.54) is 17.3 Å². The van der Waals surface area contributed by atoms with E-state index in [9.17, 15) is 4.79 Å². The Morgan fingerprint density at radius 2 is 1.87 bits per heavy atom. The van der Waals surface area contributed by atoms with E-state index in [4.69, 9.17) is 23.2 Å². The van der Waals surface area contributed by atoms with E-state index >= 15 is 0 Å². The van der Waals surface area contributed by atoms with Crippen LogP contribution in [0.5, 0.6) is 0 Å². The van der Waals surface area contributed by atoms with Crippen molar-refractivity contribution < 1.29 is 4.79 Å². The van der Waals surface area contributed by atoms with Gasteiger partial charge in [-0.3, -0.25) is 9.36 Å². The van der Waals surface area contributed by atoms with Gasteiger partial charge < -0.3 is 5.32 Å². The minimum atomic E-state index is -0.118. The number of carbonyl (C=O) groups is 1. The molecule has 0 spiro atoms. The maximum atomic E-state index is 12.1. The number of amides is 1. The van der Waals surface area contributed by atoms with Gasteiger partial charge in [-0.05, 0) is 23.1 Å². The largest absolute Gasteiger partial charge is 0.352 e. The SMILES string of the molecule is C=CCNC(=O)CSc1nnc(-c2ccc(C(C)(C)C)cc2)n1-c1cccc(Cl)c1Cl. The first-order valence-corrected chi connectivity index (χ1v) is 11.5. The second kappa shape index (κ2) is 9.90. The van der Waals surface area contributed by atoms with E-state index in [1.807, 2.05) is 28.8 Å². The van der Waals surface area contributed by atoms with Crippen LogP contribution < -0.4 is 5.32 Å². The lowest BCUT2D eigenvalue weighted by Gasteiger charge is -2.19. The summed E-state index contributed by atoms with van der Waals surface area (Å²) in [5.74, 6) is 0.693. The maximum Gasteiger partial charge on any atom is 0.230 e. The van der Waals surface area contributed by atoms with E-state index in [0.29, 0.717) is 33.3 Å². The highest BCUT2D eigenvalue weighted by Gasteiger charge is 2.21. The average Bonchev–Trinajstić information content (AvgIpc) is 3.16. The quantitative estimate of drug-likeness (QED) is 0.340. The van der Waals surface area contributed by atoms with Crippen LogP contribution in [0.1, 0.15) is 26.3 Å². The van der Waals surface area contributed by atoms with Crippen molar-refractivity contribution in [3.8, 4) is 17.1 Å². The van der Waals surface area contributed by atoms with Gasteiger partial charge in [0, 0.05) is 12.1 Å². The Bertz CT molecular complexity index is 1090. The number of thioether (sulfide) groups is 1. The van der Waals surface area contributed by atoms with Crippen LogP contribution in [-0.4, -0.2) is 33.0 Å². The molecule has 0 unspecified atom stereocenters. The fourth-order valence-electron chi connectivity index (χ4n) is 2.92. The van der Waals surface area contributed by atoms with Gasteiger partial charge in [-0.15, -0.1) is 16.8 Å². The van der Waals surface area contributed by atoms with Gasteiger partial charge in [0.15, 0.2) is 11.0 Å². The molecule has 8 heteroatoms. The number of hydrogen-bond acceptors (Lipinski definition) is 4. The summed E-state index contributed by atoms with van der Waals surface area (Å²) in [5, 5.41) is 12.9. The molecule has 0 aliphatic carbocycles. The zero-order chi connectivity index (χ0) is 22.6. The van der Waals surface area contributed by atoms with Gasteiger partial charge in [0.25, 0.3) is 0 Å². The van der Waals surface area contributed by atoms with Gasteiger partial charge in [0.05, 0.1) is 21.5 Å². The standard InChI is InChI=1S/C23H24Cl2N4OS/c1-5-13-26-19(30)14-31-22-28-27-21(15-9-11-16(12-10-15)23(2,3)4)29(22)18-8-6-7-17(24)20(18)25/h5-12H,1,13-14H2,2-4H3,(H,26,30). The Morgan fingerprint density at radius 3 is 2.52 bits per heavy atom. The number of nitrogens with zero attached hydrogens (tertiary/aromatic N) is 3. The van der Waals surface area contributed by atoms with Crippen molar-refractivity contribution >= 4 is 40.9 Å². The van der Waals surface area contributed by atoms with E-state index in [1.54, 1.807) is 12.1 Å². The predicted octanol–water partition coefficient (Wildman–Crippen LogP) is 5.93. The Kier molecular flexibility index (Phi) is 7.46. The van der Waals surface area contributed by atoms with Crippen LogP contribution in [0.3, 0.4) is 0 Å². The molecule has 1 amide bonds. The molecule has 0 bridgehead atoms. The predicted molar refractivity (Wildman–Crippen MR) is 129 cm³/mol. The third kappa shape index (κ3) is 5.50. The number of benzene rings is 2. The molecule has 1 heterocycles. The van der Waals surface area contributed by atoms with Crippen LogP contribution >= 0.6 is 35.0 Å². The molecule has 3 rings (SSSR count). The first-order chi connectivity index (χ1) is 14.7. The van der Waals surface area contributed by atoms with Crippen molar-refractivity contribution in [3.05, 3.63) is 70.7 Å². The molecule has 0 aliphatic rings. The third-order valence-corrected chi connectivity index (χ3v) is 6.33. The number of carbonyl (C=O) groups excluding carboxylic acids is 1. The fraction of sp³-hybridized carbons (Fsp3) is 0.261. The smallest absolute Gasteiger partial charge is 0.230 e. The Morgan fingerprint density at radius 1 is 1.16 bits per heavy atom. The summed E-state index contributed by atoms with van der Waals surface area (Å²) in [5.41, 5.74) is 2.81. The molecule has 0 saturated heterocycles. The van der Waals surface area contributed by atoms with Gasteiger partial charge in [-0.1, -0.05) is 92.1 Å². The van der Waals surface area contributed by atoms with Crippen molar-refractivity contribution in [2.75, 3.05) is 12.3 Å². The Hall–Kier alpha value is -2.28. The van der Waals surface area contributed by atoms with Crippen LogP contribution in [-0.2, 0) is 10.2 Å². The number of hydrogen-bond donors (Lipinski definition) is 1. The summed E-state index contributed by atoms with van der Waals surface area (Å²) in [7, 11) is 0. The topological polar surface area (TPSA) is 59.8 Å². The van der Waals surface area contributed by atoms with Crippen molar-refractivity contribution in [1.29, 1.82) is 0 Å². The molecule has 1 aromatic heterocycles. The molecule has 0 fully saturated rings. The minimum absolute atomic E-state index is 0.0439. The molecular weight excluding hydrogens is 451 g/mol. The zero-order valence-electron chi connectivity index (χ0n) is 17.7. The lowest BCUT2D eigenvalue weighted by atomic mass is 9.87. The molecule has 0 radical (unpaired) electrons. The van der Waals surface area contributed by atoms with Crippen LogP contribution in [0.25, 0.3) is 17.1 Å². The molecular formula is C23H24Cl2N4OS. The average molecular weight is 475 g/mol. The highest BCUT2D eigenvalue weighted by Crippen LogP contribution is 2.35. The molecule has 1 N–H and O–H groups in total. The minimum Gasteiger partial charge on any atom is -0.352 e. The monoisotopic (exact) mass is 474 g/mol. The maximum absolute atomic E-state index is 12.1. The number of aromatic nitrogens is 3. The second-order valence-electron chi connectivity index (χ2n) is 7.92. The lowest BCUT2D eigenvalue weighted by molar-refractivity contribution is -0.118. The molecule has 0 saturated carbocycles. The number of halogens is 2. The second-order valence-corrected chi connectivity index (χ2v) is 9.65. The number of nitrogens with one attached hydrogen (secondary N) is 1. The molecule has 0 aliphatic heterocycles. The highest BCUT2D eigenvalue weighted by molar-refractivity contribution is 7.99. The Balaban J connectivity index is 2.03. The van der Waals surface area contributed by atoms with Gasteiger partial charge >= 0.3 is 0 Å². The molecule has 3 aromatic rings. The first kappa shape index (κ1) is 23.4. The van der Waals surface area contributed by atoms with Gasteiger partial charge in [0.2, 0.25) is 5.91 Å². The van der Waals surface area contributed by atoms with Crippen LogP contribution in [0.2, 0.25) is 10.0 Å². The van der Waals surface area contributed by atoms with Gasteiger partial charge in [-0.2, -0.15) is 0 Å². The fourth-order valence-corrected chi connectivity index (χ4v) is 4.07. The summed E-state index contributed by atoms with van der Waals surface area (Å²) < 4.78 is 1.84. The summed E-state index contributed by atoms with van der Waals surface area (Å²) in [6, 6.07) is 13.6. The Labute approximate surface area is 196 Å². The van der Waals surface area contributed by atoms with Crippen molar-refractivity contribution in [2.45, 2.75) is 31.3 Å². The van der Waals surface area contributed by atoms with Crippen LogP contribution in [0.4, 0.5) is 0 Å². The van der Waals surface area contributed by atoms with Crippen LogP contribution in [0.15, 0.2) is 60.3 Å². The molecule has 162 valence electrons. The van der Waals surface area contributed by atoms with Crippen molar-refractivity contribution in [2.24, 2.45) is 0 Å². The van der Waals surface area contributed by atoms with Crippen molar-refractivity contribution in [3.63, 3.8) is 0 Å².